The van der Waals surface area contributed by atoms with E-state index in [0.29, 0.717) is 37.5 Å². The lowest BCUT2D eigenvalue weighted by molar-refractivity contribution is -0.140. The minimum atomic E-state index is -0.685. The first-order chi connectivity index (χ1) is 17.4. The predicted molar refractivity (Wildman–Crippen MR) is 139 cm³/mol. The molecule has 1 amide bonds. The Bertz CT molecular complexity index is 1260. The fourth-order valence-electron chi connectivity index (χ4n) is 4.42. The first kappa shape index (κ1) is 25.2. The fraction of sp³-hybridized carbons (Fsp3) is 0.267. The van der Waals surface area contributed by atoms with Crippen LogP contribution in [0, 0.1) is 13.8 Å². The van der Waals surface area contributed by atoms with Crippen LogP contribution in [0.15, 0.2) is 78.4 Å². The zero-order valence-corrected chi connectivity index (χ0v) is 20.9. The number of aliphatic hydroxyl groups excluding tert-OH is 1. The van der Waals surface area contributed by atoms with Crippen molar-refractivity contribution < 1.29 is 24.2 Å². The zero-order chi connectivity index (χ0) is 25.7. The molecule has 4 rings (SSSR count). The third kappa shape index (κ3) is 5.50. The highest BCUT2D eigenvalue weighted by Crippen LogP contribution is 2.39. The van der Waals surface area contributed by atoms with Gasteiger partial charge in [0.15, 0.2) is 0 Å². The van der Waals surface area contributed by atoms with Gasteiger partial charge in [0.05, 0.1) is 11.6 Å². The largest absolute Gasteiger partial charge is 0.507 e. The summed E-state index contributed by atoms with van der Waals surface area (Å²) in [5, 5.41) is 11.2. The summed E-state index contributed by atoms with van der Waals surface area (Å²) in [5.41, 5.74) is 4.61. The molecule has 1 N–H and O–H groups in total. The summed E-state index contributed by atoms with van der Waals surface area (Å²) in [4.78, 5) is 27.6. The van der Waals surface area contributed by atoms with Crippen LogP contribution in [0.1, 0.15) is 40.3 Å². The van der Waals surface area contributed by atoms with Gasteiger partial charge in [-0.2, -0.15) is 0 Å². The number of carbonyl (C=O) groups is 2. The number of Topliss-reactive ketones (excluding diaryl/α,β-unsaturated/α-hetero) is 1. The number of methoxy groups -OCH3 is 1. The molecule has 0 saturated carbocycles. The van der Waals surface area contributed by atoms with Gasteiger partial charge in [0, 0.05) is 25.8 Å². The van der Waals surface area contributed by atoms with Crippen LogP contribution >= 0.6 is 0 Å². The molecule has 0 spiro atoms. The summed E-state index contributed by atoms with van der Waals surface area (Å²) in [7, 11) is 1.60. The molecule has 0 radical (unpaired) electrons. The average Bonchev–Trinajstić information content (AvgIpc) is 3.13. The van der Waals surface area contributed by atoms with E-state index in [1.165, 1.54) is 4.90 Å². The van der Waals surface area contributed by atoms with E-state index in [2.05, 4.69) is 6.07 Å². The fourth-order valence-corrected chi connectivity index (χ4v) is 4.42. The molecule has 1 aliphatic heterocycles. The Hall–Kier alpha value is -3.90. The van der Waals surface area contributed by atoms with E-state index in [0.717, 1.165) is 22.3 Å². The Labute approximate surface area is 211 Å². The quantitative estimate of drug-likeness (QED) is 0.192. The van der Waals surface area contributed by atoms with Crippen molar-refractivity contribution >= 4 is 17.4 Å². The molecule has 3 aromatic carbocycles. The lowest BCUT2D eigenvalue weighted by atomic mass is 9.94. The Morgan fingerprint density at radius 2 is 1.67 bits per heavy atom. The second-order valence-electron chi connectivity index (χ2n) is 9.05. The zero-order valence-electron chi connectivity index (χ0n) is 20.9. The van der Waals surface area contributed by atoms with Crippen LogP contribution in [0.3, 0.4) is 0 Å². The van der Waals surface area contributed by atoms with Crippen molar-refractivity contribution in [3.05, 3.63) is 106 Å². The second kappa shape index (κ2) is 11.2. The first-order valence-corrected chi connectivity index (χ1v) is 12.0. The van der Waals surface area contributed by atoms with Crippen LogP contribution < -0.4 is 4.74 Å². The average molecular weight is 486 g/mol. The standard InChI is InChI=1S/C30H31NO5/c1-20-8-10-23(11-9-20)27-26(29(33)30(34)31(27)16-5-17-35-3)28(32)24-12-14-25(15-13-24)36-19-22-7-4-6-21(2)18-22/h4,6-15,18,27,32H,5,16-17,19H2,1-3H3/b28-26+/t27-/m0/s1. The lowest BCUT2D eigenvalue weighted by Crippen LogP contribution is -2.31. The molecule has 1 saturated heterocycles. The molecule has 0 unspecified atom stereocenters. The topological polar surface area (TPSA) is 76.1 Å². The number of ether oxygens (including phenoxy) is 2. The van der Waals surface area contributed by atoms with Gasteiger partial charge >= 0.3 is 0 Å². The maximum atomic E-state index is 13.1. The summed E-state index contributed by atoms with van der Waals surface area (Å²) in [6, 6.07) is 22.0. The molecule has 1 atom stereocenters. The normalized spacial score (nSPS) is 17.0. The van der Waals surface area contributed by atoms with Crippen LogP contribution in [-0.4, -0.2) is 42.0 Å². The molecule has 0 aromatic heterocycles. The van der Waals surface area contributed by atoms with Crippen molar-refractivity contribution in [2.45, 2.75) is 32.9 Å². The predicted octanol–water partition coefficient (Wildman–Crippen LogP) is 5.34. The summed E-state index contributed by atoms with van der Waals surface area (Å²) >= 11 is 0. The van der Waals surface area contributed by atoms with Gasteiger partial charge < -0.3 is 19.5 Å². The van der Waals surface area contributed by atoms with E-state index in [4.69, 9.17) is 9.47 Å². The van der Waals surface area contributed by atoms with Crippen molar-refractivity contribution in [1.29, 1.82) is 0 Å². The third-order valence-corrected chi connectivity index (χ3v) is 6.30. The highest BCUT2D eigenvalue weighted by molar-refractivity contribution is 6.46. The number of rotatable bonds is 9. The first-order valence-electron chi connectivity index (χ1n) is 12.0. The van der Waals surface area contributed by atoms with Crippen LogP contribution in [0.5, 0.6) is 5.75 Å². The van der Waals surface area contributed by atoms with E-state index in [9.17, 15) is 14.7 Å². The third-order valence-electron chi connectivity index (χ3n) is 6.30. The molecule has 0 bridgehead atoms. The molecular formula is C30H31NO5. The van der Waals surface area contributed by atoms with Gasteiger partial charge in [-0.1, -0.05) is 59.7 Å². The number of nitrogens with zero attached hydrogens (tertiary/aromatic N) is 1. The lowest BCUT2D eigenvalue weighted by Gasteiger charge is -2.25. The number of benzene rings is 3. The highest BCUT2D eigenvalue weighted by atomic mass is 16.5. The molecule has 1 fully saturated rings. The van der Waals surface area contributed by atoms with Gasteiger partial charge in [0.25, 0.3) is 11.7 Å². The number of hydrogen-bond acceptors (Lipinski definition) is 5. The minimum Gasteiger partial charge on any atom is -0.507 e. The van der Waals surface area contributed by atoms with Gasteiger partial charge in [0.1, 0.15) is 18.1 Å². The van der Waals surface area contributed by atoms with E-state index < -0.39 is 17.7 Å². The molecule has 0 aliphatic carbocycles. The number of ketones is 1. The number of carbonyl (C=O) groups excluding carboxylic acids is 2. The summed E-state index contributed by atoms with van der Waals surface area (Å²) in [5.74, 6) is -0.854. The highest BCUT2D eigenvalue weighted by Gasteiger charge is 2.45. The Morgan fingerprint density at radius 1 is 0.944 bits per heavy atom. The summed E-state index contributed by atoms with van der Waals surface area (Å²) in [6.07, 6.45) is 0.582. The molecule has 3 aromatic rings. The van der Waals surface area contributed by atoms with Gasteiger partial charge in [-0.25, -0.2) is 0 Å². The van der Waals surface area contributed by atoms with Gasteiger partial charge in [-0.05, 0) is 55.7 Å². The molecule has 6 heteroatoms. The van der Waals surface area contributed by atoms with Crippen molar-refractivity contribution in [2.75, 3.05) is 20.3 Å². The van der Waals surface area contributed by atoms with E-state index in [1.807, 2.05) is 56.3 Å². The van der Waals surface area contributed by atoms with Crippen LogP contribution in [-0.2, 0) is 20.9 Å². The molecule has 1 aliphatic rings. The Morgan fingerprint density at radius 3 is 2.33 bits per heavy atom. The van der Waals surface area contributed by atoms with Crippen molar-refractivity contribution in [3.63, 3.8) is 0 Å². The smallest absolute Gasteiger partial charge is 0.295 e. The second-order valence-corrected chi connectivity index (χ2v) is 9.05. The maximum absolute atomic E-state index is 13.1. The van der Waals surface area contributed by atoms with E-state index in [-0.39, 0.29) is 11.3 Å². The summed E-state index contributed by atoms with van der Waals surface area (Å²) < 4.78 is 11.0. The van der Waals surface area contributed by atoms with Crippen molar-refractivity contribution in [2.24, 2.45) is 0 Å². The van der Waals surface area contributed by atoms with Crippen molar-refractivity contribution in [1.82, 2.24) is 4.90 Å². The minimum absolute atomic E-state index is 0.0923. The van der Waals surface area contributed by atoms with Gasteiger partial charge in [0.2, 0.25) is 0 Å². The summed E-state index contributed by atoms with van der Waals surface area (Å²) in [6.45, 7) is 5.24. The van der Waals surface area contributed by atoms with E-state index in [1.54, 1.807) is 31.4 Å². The SMILES string of the molecule is COCCCN1C(=O)C(=O)/C(=C(/O)c2ccc(OCc3cccc(C)c3)cc2)[C@@H]1c1ccc(C)cc1. The Kier molecular flexibility index (Phi) is 7.86. The van der Waals surface area contributed by atoms with Crippen LogP contribution in [0.4, 0.5) is 0 Å². The van der Waals surface area contributed by atoms with Gasteiger partial charge in [-0.3, -0.25) is 9.59 Å². The number of amides is 1. The van der Waals surface area contributed by atoms with Crippen molar-refractivity contribution in [3.8, 4) is 5.75 Å². The molecule has 1 heterocycles. The number of aliphatic hydroxyl groups is 1. The number of likely N-dealkylation sites (tertiary alicyclic amines) is 1. The monoisotopic (exact) mass is 485 g/mol. The van der Waals surface area contributed by atoms with Gasteiger partial charge in [-0.15, -0.1) is 0 Å². The van der Waals surface area contributed by atoms with Crippen LogP contribution in [0.2, 0.25) is 0 Å². The van der Waals surface area contributed by atoms with Crippen LogP contribution in [0.25, 0.3) is 5.76 Å². The number of hydrogen-bond donors (Lipinski definition) is 1. The number of aryl methyl sites for hydroxylation is 2. The molecule has 186 valence electrons. The molecular weight excluding hydrogens is 454 g/mol. The van der Waals surface area contributed by atoms with E-state index >= 15 is 0 Å². The molecule has 6 nitrogen and oxygen atoms in total. The molecule has 36 heavy (non-hydrogen) atoms. The maximum Gasteiger partial charge on any atom is 0.295 e. The Balaban J connectivity index is 1.62.